The van der Waals surface area contributed by atoms with E-state index < -0.39 is 5.91 Å². The van der Waals surface area contributed by atoms with Crippen LogP contribution in [0.15, 0.2) is 42.5 Å². The van der Waals surface area contributed by atoms with Crippen molar-refractivity contribution in [1.29, 1.82) is 0 Å². The number of halogens is 2. The minimum atomic E-state index is -0.486. The zero-order chi connectivity index (χ0) is 18.0. The van der Waals surface area contributed by atoms with Crippen molar-refractivity contribution < 1.29 is 9.90 Å². The molecule has 25 heavy (non-hydrogen) atoms. The molecule has 0 saturated heterocycles. The molecule has 1 heterocycles. The maximum atomic E-state index is 12.4. The van der Waals surface area contributed by atoms with Crippen LogP contribution in [0.2, 0.25) is 10.0 Å². The lowest BCUT2D eigenvalue weighted by Crippen LogP contribution is -2.14. The molecule has 0 bridgehead atoms. The van der Waals surface area contributed by atoms with E-state index in [1.807, 2.05) is 18.2 Å². The molecular formula is C17H14Cl2N4O2. The number of carbonyl (C=O) groups is 1. The highest BCUT2D eigenvalue weighted by atomic mass is 35.5. The fourth-order valence-corrected chi connectivity index (χ4v) is 2.67. The van der Waals surface area contributed by atoms with Gasteiger partial charge in [-0.2, -0.15) is 0 Å². The molecule has 0 aliphatic carbocycles. The second-order valence-electron chi connectivity index (χ2n) is 5.39. The number of nitrogens with one attached hydrogen (secondary N) is 1. The molecule has 0 aliphatic rings. The fourth-order valence-electron chi connectivity index (χ4n) is 2.30. The van der Waals surface area contributed by atoms with Gasteiger partial charge in [0.1, 0.15) is 5.75 Å². The maximum Gasteiger partial charge on any atom is 0.278 e. The van der Waals surface area contributed by atoms with E-state index in [2.05, 4.69) is 15.6 Å². The summed E-state index contributed by atoms with van der Waals surface area (Å²) < 4.78 is 1.59. The van der Waals surface area contributed by atoms with Crippen LogP contribution in [0.4, 0.5) is 5.69 Å². The average Bonchev–Trinajstić information content (AvgIpc) is 2.94. The van der Waals surface area contributed by atoms with E-state index in [4.69, 9.17) is 23.2 Å². The Bertz CT molecular complexity index is 940. The van der Waals surface area contributed by atoms with E-state index in [0.29, 0.717) is 22.3 Å². The van der Waals surface area contributed by atoms with Crippen molar-refractivity contribution in [2.45, 2.75) is 13.5 Å². The van der Waals surface area contributed by atoms with Gasteiger partial charge in [0.2, 0.25) is 0 Å². The van der Waals surface area contributed by atoms with E-state index in [0.717, 1.165) is 5.56 Å². The molecule has 0 fully saturated rings. The quantitative estimate of drug-likeness (QED) is 0.676. The van der Waals surface area contributed by atoms with Crippen molar-refractivity contribution in [2.75, 3.05) is 5.32 Å². The van der Waals surface area contributed by atoms with Gasteiger partial charge in [-0.15, -0.1) is 5.10 Å². The number of phenols is 1. The molecule has 1 aromatic heterocycles. The first-order valence-corrected chi connectivity index (χ1v) is 8.14. The van der Waals surface area contributed by atoms with Crippen LogP contribution in [0.5, 0.6) is 5.75 Å². The van der Waals surface area contributed by atoms with E-state index in [1.54, 1.807) is 17.7 Å². The van der Waals surface area contributed by atoms with Crippen LogP contribution in [0.1, 0.15) is 21.7 Å². The summed E-state index contributed by atoms with van der Waals surface area (Å²) in [6, 6.07) is 11.8. The highest BCUT2D eigenvalue weighted by Gasteiger charge is 2.18. The summed E-state index contributed by atoms with van der Waals surface area (Å²) in [4.78, 5) is 12.4. The van der Waals surface area contributed by atoms with Gasteiger partial charge >= 0.3 is 0 Å². The van der Waals surface area contributed by atoms with Crippen molar-refractivity contribution >= 4 is 34.8 Å². The van der Waals surface area contributed by atoms with Crippen LogP contribution in [0, 0.1) is 6.92 Å². The molecule has 3 aromatic rings. The van der Waals surface area contributed by atoms with E-state index in [-0.39, 0.29) is 17.1 Å². The lowest BCUT2D eigenvalue weighted by Gasteiger charge is -2.08. The van der Waals surface area contributed by atoms with Crippen LogP contribution >= 0.6 is 23.2 Å². The molecule has 128 valence electrons. The molecule has 0 radical (unpaired) electrons. The van der Waals surface area contributed by atoms with Crippen molar-refractivity contribution in [2.24, 2.45) is 0 Å². The molecule has 0 atom stereocenters. The summed E-state index contributed by atoms with van der Waals surface area (Å²) in [7, 11) is 0. The highest BCUT2D eigenvalue weighted by Crippen LogP contribution is 2.27. The fraction of sp³-hybridized carbons (Fsp3) is 0.118. The van der Waals surface area contributed by atoms with Crippen molar-refractivity contribution in [1.82, 2.24) is 15.0 Å². The monoisotopic (exact) mass is 376 g/mol. The largest absolute Gasteiger partial charge is 0.506 e. The Balaban J connectivity index is 1.82. The number of amides is 1. The molecule has 1 amide bonds. The number of phenolic OH excluding ortho intramolecular Hbond substituents is 1. The molecule has 6 nitrogen and oxygen atoms in total. The zero-order valence-electron chi connectivity index (χ0n) is 13.2. The Hall–Kier alpha value is -2.57. The molecule has 0 saturated carbocycles. The SMILES string of the molecule is Cc1c(C(=O)Nc2cc(Cl)ccc2O)nnn1Cc1ccccc1Cl. The lowest BCUT2D eigenvalue weighted by atomic mass is 10.2. The Labute approximate surface area is 154 Å². The number of aromatic nitrogens is 3. The van der Waals surface area contributed by atoms with E-state index in [9.17, 15) is 9.90 Å². The maximum absolute atomic E-state index is 12.4. The first kappa shape index (κ1) is 17.3. The minimum Gasteiger partial charge on any atom is -0.506 e. The summed E-state index contributed by atoms with van der Waals surface area (Å²) in [5, 5.41) is 21.3. The lowest BCUT2D eigenvalue weighted by molar-refractivity contribution is 0.102. The van der Waals surface area contributed by atoms with Gasteiger partial charge in [0.25, 0.3) is 5.91 Å². The predicted octanol–water partition coefficient (Wildman–Crippen LogP) is 3.90. The third-order valence-electron chi connectivity index (χ3n) is 3.68. The van der Waals surface area contributed by atoms with Crippen molar-refractivity contribution in [3.63, 3.8) is 0 Å². The predicted molar refractivity (Wildman–Crippen MR) is 96.4 cm³/mol. The molecule has 2 aromatic carbocycles. The molecule has 0 spiro atoms. The normalized spacial score (nSPS) is 10.7. The second kappa shape index (κ2) is 7.13. The summed E-state index contributed by atoms with van der Waals surface area (Å²) in [6.07, 6.45) is 0. The van der Waals surface area contributed by atoms with Gasteiger partial charge in [-0.25, -0.2) is 4.68 Å². The first-order valence-electron chi connectivity index (χ1n) is 7.39. The molecule has 0 aliphatic heterocycles. The van der Waals surface area contributed by atoms with Crippen molar-refractivity contribution in [3.8, 4) is 5.75 Å². The average molecular weight is 377 g/mol. The smallest absolute Gasteiger partial charge is 0.278 e. The van der Waals surface area contributed by atoms with Gasteiger partial charge in [0.05, 0.1) is 17.9 Å². The molecule has 8 heteroatoms. The van der Waals surface area contributed by atoms with Crippen molar-refractivity contribution in [3.05, 3.63) is 69.5 Å². The number of benzene rings is 2. The summed E-state index contributed by atoms with van der Waals surface area (Å²) >= 11 is 12.0. The Morgan fingerprint density at radius 1 is 1.24 bits per heavy atom. The van der Waals surface area contributed by atoms with Gasteiger partial charge in [0, 0.05) is 10.0 Å². The van der Waals surface area contributed by atoms with Gasteiger partial charge in [-0.3, -0.25) is 4.79 Å². The number of nitrogens with zero attached hydrogens (tertiary/aromatic N) is 3. The Morgan fingerprint density at radius 3 is 2.76 bits per heavy atom. The van der Waals surface area contributed by atoms with Crippen LogP contribution in [-0.2, 0) is 6.54 Å². The molecular weight excluding hydrogens is 363 g/mol. The summed E-state index contributed by atoms with van der Waals surface area (Å²) in [5.74, 6) is -0.570. The second-order valence-corrected chi connectivity index (χ2v) is 6.23. The van der Waals surface area contributed by atoms with E-state index >= 15 is 0 Å². The standard InChI is InChI=1S/C17H14Cl2N4O2/c1-10-16(17(25)20-14-8-12(18)6-7-15(14)24)21-22-23(10)9-11-4-2-3-5-13(11)19/h2-8,24H,9H2,1H3,(H,20,25). The van der Waals surface area contributed by atoms with Gasteiger partial charge < -0.3 is 10.4 Å². The summed E-state index contributed by atoms with van der Waals surface area (Å²) in [6.45, 7) is 2.14. The summed E-state index contributed by atoms with van der Waals surface area (Å²) in [5.41, 5.74) is 1.82. The number of rotatable bonds is 4. The molecule has 3 rings (SSSR count). The third-order valence-corrected chi connectivity index (χ3v) is 4.29. The van der Waals surface area contributed by atoms with E-state index in [1.165, 1.54) is 18.2 Å². The Kier molecular flexibility index (Phi) is 4.92. The number of carbonyl (C=O) groups excluding carboxylic acids is 1. The van der Waals surface area contributed by atoms with Crippen LogP contribution in [0.3, 0.4) is 0 Å². The van der Waals surface area contributed by atoms with Gasteiger partial charge in [0.15, 0.2) is 5.69 Å². The van der Waals surface area contributed by atoms with Crippen LogP contribution in [0.25, 0.3) is 0 Å². The zero-order valence-corrected chi connectivity index (χ0v) is 14.7. The third kappa shape index (κ3) is 3.75. The van der Waals surface area contributed by atoms with Gasteiger partial charge in [-0.05, 0) is 36.8 Å². The first-order chi connectivity index (χ1) is 12.0. The minimum absolute atomic E-state index is 0.0844. The number of aromatic hydroxyl groups is 1. The number of hydrogen-bond donors (Lipinski definition) is 2. The number of hydrogen-bond acceptors (Lipinski definition) is 4. The molecule has 2 N–H and O–H groups in total. The highest BCUT2D eigenvalue weighted by molar-refractivity contribution is 6.31. The Morgan fingerprint density at radius 2 is 2.00 bits per heavy atom. The van der Waals surface area contributed by atoms with Crippen LogP contribution < -0.4 is 5.32 Å². The number of anilines is 1. The van der Waals surface area contributed by atoms with Gasteiger partial charge in [-0.1, -0.05) is 46.6 Å². The topological polar surface area (TPSA) is 80.0 Å². The van der Waals surface area contributed by atoms with Crippen LogP contribution in [-0.4, -0.2) is 26.0 Å². The molecule has 0 unspecified atom stereocenters.